The number of nitrogens with zero attached hydrogens (tertiary/aromatic N) is 1. The van der Waals surface area contributed by atoms with Gasteiger partial charge in [0.15, 0.2) is 43.8 Å². The number of aromatic nitrogens is 1. The lowest BCUT2D eigenvalue weighted by Crippen LogP contribution is -2.31. The first-order valence-electron chi connectivity index (χ1n) is 12.7. The van der Waals surface area contributed by atoms with E-state index in [9.17, 15) is 4.79 Å². The average molecular weight is 568 g/mol. The third kappa shape index (κ3) is 7.46. The Bertz CT molecular complexity index is 1310. The van der Waals surface area contributed by atoms with Crippen LogP contribution in [0.4, 0.5) is 0 Å². The summed E-state index contributed by atoms with van der Waals surface area (Å²) < 4.78 is 49.5. The van der Waals surface area contributed by atoms with Gasteiger partial charge in [0, 0.05) is 33.5 Å². The van der Waals surface area contributed by atoms with E-state index in [1.165, 1.54) is 27.4 Å². The van der Waals surface area contributed by atoms with E-state index in [-0.39, 0.29) is 49.3 Å². The second-order valence-corrected chi connectivity index (χ2v) is 8.84. The second kappa shape index (κ2) is 14.4. The molecule has 2 atom stereocenters. The smallest absolute Gasteiger partial charge is 0.193 e. The fraction of sp³-hybridized carbons (Fsp3) is 0.333. The number of pyridine rings is 1. The van der Waals surface area contributed by atoms with Crippen LogP contribution in [0.2, 0.25) is 0 Å². The van der Waals surface area contributed by atoms with Crippen molar-refractivity contribution >= 4 is 11.9 Å². The largest absolute Gasteiger partial charge is 0.495 e. The molecule has 2 aromatic carbocycles. The number of hydrogen-bond donors (Lipinski definition) is 0. The van der Waals surface area contributed by atoms with Gasteiger partial charge in [0.05, 0.1) is 19.0 Å². The van der Waals surface area contributed by atoms with Crippen LogP contribution >= 0.6 is 0 Å². The summed E-state index contributed by atoms with van der Waals surface area (Å²) in [4.78, 5) is 17.9. The molecule has 0 spiro atoms. The molecule has 0 saturated heterocycles. The van der Waals surface area contributed by atoms with E-state index in [4.69, 9.17) is 42.6 Å². The lowest BCUT2D eigenvalue weighted by Gasteiger charge is -2.31. The number of allylic oxidation sites excluding steroid dienone is 1. The molecular formula is C30H33NO10. The van der Waals surface area contributed by atoms with Crippen molar-refractivity contribution in [3.63, 3.8) is 0 Å². The van der Waals surface area contributed by atoms with Gasteiger partial charge < -0.3 is 42.6 Å². The average Bonchev–Trinajstić information content (AvgIpc) is 3.00. The minimum atomic E-state index is -0.422. The van der Waals surface area contributed by atoms with Crippen molar-refractivity contribution < 1.29 is 47.4 Å². The van der Waals surface area contributed by atoms with Crippen LogP contribution in [0.3, 0.4) is 0 Å². The fourth-order valence-electron chi connectivity index (χ4n) is 4.04. The molecule has 0 bridgehead atoms. The van der Waals surface area contributed by atoms with Crippen LogP contribution in [-0.4, -0.2) is 65.7 Å². The molecule has 0 radical (unpaired) electrons. The molecule has 0 N–H and O–H groups in total. The molecule has 2 heterocycles. The maximum absolute atomic E-state index is 13.5. The van der Waals surface area contributed by atoms with E-state index in [0.717, 1.165) is 5.56 Å². The van der Waals surface area contributed by atoms with Crippen LogP contribution in [0.5, 0.6) is 34.5 Å². The predicted molar refractivity (Wildman–Crippen MR) is 148 cm³/mol. The van der Waals surface area contributed by atoms with Gasteiger partial charge in [-0.15, -0.1) is 0 Å². The molecule has 1 aromatic heterocycles. The highest BCUT2D eigenvalue weighted by molar-refractivity contribution is 6.10. The molecule has 41 heavy (non-hydrogen) atoms. The van der Waals surface area contributed by atoms with Gasteiger partial charge in [-0.25, -0.2) is 0 Å². The monoisotopic (exact) mass is 567 g/mol. The Morgan fingerprint density at radius 2 is 1.51 bits per heavy atom. The van der Waals surface area contributed by atoms with Crippen LogP contribution in [0, 0.1) is 0 Å². The normalized spacial score (nSPS) is 15.9. The molecule has 11 heteroatoms. The van der Waals surface area contributed by atoms with E-state index in [1.54, 1.807) is 43.6 Å². The number of carbonyl (C=O) groups is 1. The molecule has 1 aliphatic rings. The van der Waals surface area contributed by atoms with E-state index >= 15 is 0 Å². The number of carbonyl (C=O) groups excluding carboxylic acids is 1. The number of methoxy groups -OCH3 is 4. The second-order valence-electron chi connectivity index (χ2n) is 8.84. The van der Waals surface area contributed by atoms with Crippen molar-refractivity contribution in [2.75, 3.05) is 48.8 Å². The molecule has 3 aromatic rings. The minimum Gasteiger partial charge on any atom is -0.495 e. The number of rotatable bonds is 14. The van der Waals surface area contributed by atoms with Crippen LogP contribution in [0.25, 0.3) is 6.08 Å². The molecule has 1 aliphatic heterocycles. The molecule has 0 saturated carbocycles. The molecule has 4 rings (SSSR count). The molecule has 11 nitrogen and oxygen atoms in total. The highest BCUT2D eigenvalue weighted by Gasteiger charge is 2.31. The Hall–Kier alpha value is -4.32. The quantitative estimate of drug-likeness (QED) is 0.152. The van der Waals surface area contributed by atoms with Crippen molar-refractivity contribution in [3.05, 3.63) is 71.6 Å². The standard InChI is InChI=1S/C30H33NO10/c1-19-30(23-9-8-21(36-5)15-31-23)41-26-12-20(7-11-25(26)40-19)6-10-24(32)29-27(38-17-34-3)13-22(37-16-33-2)14-28(29)39-18-35-4/h6-15,19,30H,16-18H2,1-5H3/b10-6+. The summed E-state index contributed by atoms with van der Waals surface area (Å²) in [7, 11) is 6.05. The first-order chi connectivity index (χ1) is 20.0. The van der Waals surface area contributed by atoms with Crippen molar-refractivity contribution in [2.45, 2.75) is 19.1 Å². The SMILES string of the molecule is COCOc1cc(OCOC)c(C(=O)/C=C/c2ccc3c(c2)OC(c2ccc(OC)cn2)C(C)O3)c(OCOC)c1. The molecule has 0 fully saturated rings. The van der Waals surface area contributed by atoms with Crippen LogP contribution in [0.1, 0.15) is 34.6 Å². The molecule has 0 aliphatic carbocycles. The van der Waals surface area contributed by atoms with Gasteiger partial charge in [0.2, 0.25) is 0 Å². The van der Waals surface area contributed by atoms with Gasteiger partial charge in [0.25, 0.3) is 0 Å². The maximum Gasteiger partial charge on any atom is 0.193 e. The molecule has 0 amide bonds. The number of hydrogen-bond acceptors (Lipinski definition) is 11. The van der Waals surface area contributed by atoms with Gasteiger partial charge >= 0.3 is 0 Å². The van der Waals surface area contributed by atoms with E-state index in [1.807, 2.05) is 25.1 Å². The number of ketones is 1. The third-order valence-electron chi connectivity index (χ3n) is 5.97. The Balaban J connectivity index is 1.59. The summed E-state index contributed by atoms with van der Waals surface area (Å²) in [5, 5.41) is 0. The van der Waals surface area contributed by atoms with Crippen molar-refractivity contribution in [3.8, 4) is 34.5 Å². The third-order valence-corrected chi connectivity index (χ3v) is 5.97. The zero-order valence-electron chi connectivity index (χ0n) is 23.6. The Morgan fingerprint density at radius 3 is 2.12 bits per heavy atom. The number of fused-ring (bicyclic) bond motifs is 1. The zero-order valence-corrected chi connectivity index (χ0v) is 23.6. The molecule has 218 valence electrons. The zero-order chi connectivity index (χ0) is 29.2. The van der Waals surface area contributed by atoms with Crippen LogP contribution in [-0.2, 0) is 14.2 Å². The maximum atomic E-state index is 13.5. The van der Waals surface area contributed by atoms with Gasteiger partial charge in [-0.1, -0.05) is 12.1 Å². The first kappa shape index (κ1) is 29.7. The molecular weight excluding hydrogens is 534 g/mol. The fourth-order valence-corrected chi connectivity index (χ4v) is 4.04. The summed E-state index contributed by atoms with van der Waals surface area (Å²) in [6.45, 7) is 1.74. The molecule has 2 unspecified atom stereocenters. The van der Waals surface area contributed by atoms with Gasteiger partial charge in [0.1, 0.15) is 34.7 Å². The Morgan fingerprint density at radius 1 is 0.829 bits per heavy atom. The number of benzene rings is 2. The van der Waals surface area contributed by atoms with Crippen LogP contribution < -0.4 is 28.4 Å². The van der Waals surface area contributed by atoms with Gasteiger partial charge in [-0.3, -0.25) is 9.78 Å². The van der Waals surface area contributed by atoms with Crippen molar-refractivity contribution in [1.82, 2.24) is 4.98 Å². The lowest BCUT2D eigenvalue weighted by molar-refractivity contribution is 0.0281. The first-order valence-corrected chi connectivity index (χ1v) is 12.7. The highest BCUT2D eigenvalue weighted by Crippen LogP contribution is 2.40. The van der Waals surface area contributed by atoms with Crippen molar-refractivity contribution in [1.29, 1.82) is 0 Å². The van der Waals surface area contributed by atoms with E-state index in [0.29, 0.717) is 28.7 Å². The Labute approximate surface area is 238 Å². The summed E-state index contributed by atoms with van der Waals surface area (Å²) in [5.74, 6) is 2.23. The van der Waals surface area contributed by atoms with Crippen LogP contribution in [0.15, 0.2) is 54.7 Å². The minimum absolute atomic E-state index is 0.00108. The summed E-state index contributed by atoms with van der Waals surface area (Å²) in [5.41, 5.74) is 1.61. The lowest BCUT2D eigenvalue weighted by atomic mass is 10.1. The van der Waals surface area contributed by atoms with Gasteiger partial charge in [-0.05, 0) is 42.8 Å². The van der Waals surface area contributed by atoms with E-state index < -0.39 is 6.10 Å². The van der Waals surface area contributed by atoms with Crippen molar-refractivity contribution in [2.24, 2.45) is 0 Å². The number of ether oxygens (including phenoxy) is 9. The predicted octanol–water partition coefficient (Wildman–Crippen LogP) is 4.84. The van der Waals surface area contributed by atoms with Gasteiger partial charge in [-0.2, -0.15) is 0 Å². The summed E-state index contributed by atoms with van der Waals surface area (Å²) >= 11 is 0. The highest BCUT2D eigenvalue weighted by atomic mass is 16.7. The Kier molecular flexibility index (Phi) is 10.4. The summed E-state index contributed by atoms with van der Waals surface area (Å²) in [6.07, 6.45) is 4.03. The van der Waals surface area contributed by atoms with E-state index in [2.05, 4.69) is 4.98 Å². The summed E-state index contributed by atoms with van der Waals surface area (Å²) in [6, 6.07) is 12.2. The topological polar surface area (TPSA) is 113 Å².